The molecule has 6 heteroatoms. The molecule has 2 atom stereocenters. The quantitative estimate of drug-likeness (QED) is 0.887. The van der Waals surface area contributed by atoms with Crippen molar-refractivity contribution in [1.29, 1.82) is 0 Å². The molecule has 2 unspecified atom stereocenters. The number of aliphatic hydroxyl groups excluding tert-OH is 1. The van der Waals surface area contributed by atoms with Crippen LogP contribution in [0.2, 0.25) is 0 Å². The van der Waals surface area contributed by atoms with Gasteiger partial charge in [-0.15, -0.1) is 0 Å². The number of nitrogens with zero attached hydrogens (tertiary/aromatic N) is 2. The molecule has 1 aliphatic heterocycles. The Morgan fingerprint density at radius 2 is 2.40 bits per heavy atom. The van der Waals surface area contributed by atoms with Gasteiger partial charge in [0.2, 0.25) is 0 Å². The first-order valence-corrected chi connectivity index (χ1v) is 7.23. The smallest absolute Gasteiger partial charge is 0.322 e. The summed E-state index contributed by atoms with van der Waals surface area (Å²) in [5.41, 5.74) is 1.45. The minimum Gasteiger partial charge on any atom is -0.393 e. The van der Waals surface area contributed by atoms with E-state index in [0.29, 0.717) is 24.3 Å². The van der Waals surface area contributed by atoms with Crippen molar-refractivity contribution in [3.63, 3.8) is 0 Å². The summed E-state index contributed by atoms with van der Waals surface area (Å²) in [6, 6.07) is -0.0191. The third-order valence-corrected chi connectivity index (χ3v) is 3.75. The van der Waals surface area contributed by atoms with E-state index in [9.17, 15) is 9.90 Å². The molecule has 1 fully saturated rings. The highest BCUT2D eigenvalue weighted by molar-refractivity contribution is 5.90. The number of carbonyl (C=O) groups excluding carboxylic acids is 1. The van der Waals surface area contributed by atoms with Crippen LogP contribution in [0.5, 0.6) is 0 Å². The summed E-state index contributed by atoms with van der Waals surface area (Å²) in [5, 5.41) is 16.3. The molecule has 2 N–H and O–H groups in total. The molecule has 0 radical (unpaired) electrons. The normalized spacial score (nSPS) is 20.2. The number of rotatable bonds is 4. The molecule has 0 aromatic carbocycles. The molecule has 0 saturated carbocycles. The van der Waals surface area contributed by atoms with Gasteiger partial charge < -0.3 is 19.8 Å². The summed E-state index contributed by atoms with van der Waals surface area (Å²) < 4.78 is 5.12. The van der Waals surface area contributed by atoms with E-state index in [-0.39, 0.29) is 12.1 Å². The summed E-state index contributed by atoms with van der Waals surface area (Å²) in [7, 11) is 0. The van der Waals surface area contributed by atoms with Crippen molar-refractivity contribution in [3.05, 3.63) is 11.5 Å². The number of anilines is 1. The van der Waals surface area contributed by atoms with Crippen LogP contribution in [0, 0.1) is 6.92 Å². The Balaban J connectivity index is 2.05. The second kappa shape index (κ2) is 6.26. The number of hydrogen-bond acceptors (Lipinski definition) is 4. The van der Waals surface area contributed by atoms with E-state index in [2.05, 4.69) is 10.5 Å². The molecule has 2 heterocycles. The van der Waals surface area contributed by atoms with Crippen molar-refractivity contribution in [3.8, 4) is 0 Å². The topological polar surface area (TPSA) is 78.6 Å². The van der Waals surface area contributed by atoms with Crippen LogP contribution in [0.4, 0.5) is 10.5 Å². The van der Waals surface area contributed by atoms with Crippen molar-refractivity contribution in [1.82, 2.24) is 10.1 Å². The van der Waals surface area contributed by atoms with Gasteiger partial charge in [-0.25, -0.2) is 4.79 Å². The highest BCUT2D eigenvalue weighted by atomic mass is 16.5. The lowest BCUT2D eigenvalue weighted by Gasteiger charge is -2.25. The predicted molar refractivity (Wildman–Crippen MR) is 75.7 cm³/mol. The Hall–Kier alpha value is -1.56. The van der Waals surface area contributed by atoms with Crippen LogP contribution in [0.25, 0.3) is 0 Å². The molecule has 0 spiro atoms. The summed E-state index contributed by atoms with van der Waals surface area (Å²) in [5.74, 6) is 0.626. The van der Waals surface area contributed by atoms with Crippen LogP contribution in [0.3, 0.4) is 0 Å². The van der Waals surface area contributed by atoms with E-state index in [1.165, 1.54) is 0 Å². The lowest BCUT2D eigenvalue weighted by Crippen LogP contribution is -2.40. The standard InChI is InChI=1S/C14H23N3O3/c1-4-12-13(10(3)20-16-12)15-14(19)17-7-5-6-11(17)8-9(2)18/h9,11,18H,4-8H2,1-3H3,(H,15,19). The first-order valence-electron chi connectivity index (χ1n) is 7.23. The maximum atomic E-state index is 12.4. The van der Waals surface area contributed by atoms with Crippen LogP contribution in [0.1, 0.15) is 44.6 Å². The van der Waals surface area contributed by atoms with E-state index < -0.39 is 6.10 Å². The predicted octanol–water partition coefficient (Wildman–Crippen LogP) is 2.31. The Labute approximate surface area is 119 Å². The van der Waals surface area contributed by atoms with E-state index in [1.54, 1.807) is 18.7 Å². The van der Waals surface area contributed by atoms with Gasteiger partial charge in [-0.3, -0.25) is 0 Å². The fraction of sp³-hybridized carbons (Fsp3) is 0.714. The fourth-order valence-electron chi connectivity index (χ4n) is 2.74. The summed E-state index contributed by atoms with van der Waals surface area (Å²) in [6.45, 7) is 6.25. The van der Waals surface area contributed by atoms with Crippen molar-refractivity contribution in [2.75, 3.05) is 11.9 Å². The molecule has 1 saturated heterocycles. The second-order valence-electron chi connectivity index (χ2n) is 5.42. The lowest BCUT2D eigenvalue weighted by molar-refractivity contribution is 0.142. The molecule has 1 aromatic heterocycles. The van der Waals surface area contributed by atoms with Crippen LogP contribution >= 0.6 is 0 Å². The number of aryl methyl sites for hydroxylation is 2. The average molecular weight is 281 g/mol. The van der Waals surface area contributed by atoms with E-state index in [0.717, 1.165) is 25.1 Å². The van der Waals surface area contributed by atoms with Gasteiger partial charge in [0.15, 0.2) is 5.76 Å². The van der Waals surface area contributed by atoms with Gasteiger partial charge in [-0.05, 0) is 39.5 Å². The zero-order valence-electron chi connectivity index (χ0n) is 12.3. The number of likely N-dealkylation sites (tertiary alicyclic amines) is 1. The number of carbonyl (C=O) groups is 1. The average Bonchev–Trinajstić information content (AvgIpc) is 2.97. The maximum absolute atomic E-state index is 12.4. The molecule has 6 nitrogen and oxygen atoms in total. The summed E-state index contributed by atoms with van der Waals surface area (Å²) >= 11 is 0. The minimum absolute atomic E-state index is 0.111. The van der Waals surface area contributed by atoms with E-state index in [1.807, 2.05) is 6.92 Å². The molecule has 20 heavy (non-hydrogen) atoms. The van der Waals surface area contributed by atoms with Crippen LogP contribution in [-0.4, -0.2) is 39.9 Å². The first kappa shape index (κ1) is 14.8. The molecule has 0 aliphatic carbocycles. The fourth-order valence-corrected chi connectivity index (χ4v) is 2.74. The molecule has 2 rings (SSSR count). The van der Waals surface area contributed by atoms with E-state index >= 15 is 0 Å². The van der Waals surface area contributed by atoms with Gasteiger partial charge in [-0.1, -0.05) is 12.1 Å². The van der Waals surface area contributed by atoms with Crippen LogP contribution in [-0.2, 0) is 6.42 Å². The van der Waals surface area contributed by atoms with Crippen molar-refractivity contribution < 1.29 is 14.4 Å². The van der Waals surface area contributed by atoms with Crippen LogP contribution < -0.4 is 5.32 Å². The zero-order valence-corrected chi connectivity index (χ0v) is 12.3. The Bertz CT molecular complexity index is 470. The van der Waals surface area contributed by atoms with Gasteiger partial charge in [0.25, 0.3) is 0 Å². The molecular weight excluding hydrogens is 258 g/mol. The Kier molecular flexibility index (Phi) is 4.65. The lowest BCUT2D eigenvalue weighted by atomic mass is 10.1. The zero-order chi connectivity index (χ0) is 14.7. The highest BCUT2D eigenvalue weighted by Crippen LogP contribution is 2.25. The number of nitrogens with one attached hydrogen (secondary N) is 1. The number of aromatic nitrogens is 1. The largest absolute Gasteiger partial charge is 0.393 e. The number of hydrogen-bond donors (Lipinski definition) is 2. The molecule has 112 valence electrons. The van der Waals surface area contributed by atoms with Gasteiger partial charge >= 0.3 is 6.03 Å². The SMILES string of the molecule is CCc1noc(C)c1NC(=O)N1CCCC1CC(C)O. The van der Waals surface area contributed by atoms with Gasteiger partial charge in [0.05, 0.1) is 6.10 Å². The molecule has 1 aromatic rings. The van der Waals surface area contributed by atoms with Crippen molar-refractivity contribution in [2.45, 2.75) is 58.6 Å². The van der Waals surface area contributed by atoms with Gasteiger partial charge in [0, 0.05) is 12.6 Å². The third-order valence-electron chi connectivity index (χ3n) is 3.75. The number of amides is 2. The summed E-state index contributed by atoms with van der Waals surface area (Å²) in [6.07, 6.45) is 2.87. The number of urea groups is 1. The second-order valence-corrected chi connectivity index (χ2v) is 5.42. The molecule has 1 aliphatic rings. The van der Waals surface area contributed by atoms with Crippen molar-refractivity contribution in [2.24, 2.45) is 0 Å². The Morgan fingerprint density at radius 1 is 1.65 bits per heavy atom. The molecule has 0 bridgehead atoms. The maximum Gasteiger partial charge on any atom is 0.322 e. The third kappa shape index (κ3) is 3.12. The number of aliphatic hydroxyl groups is 1. The van der Waals surface area contributed by atoms with Crippen molar-refractivity contribution >= 4 is 11.7 Å². The summed E-state index contributed by atoms with van der Waals surface area (Å²) in [4.78, 5) is 14.2. The molecule has 2 amide bonds. The molecular formula is C14H23N3O3. The van der Waals surface area contributed by atoms with Crippen LogP contribution in [0.15, 0.2) is 4.52 Å². The van der Waals surface area contributed by atoms with E-state index in [4.69, 9.17) is 4.52 Å². The first-order chi connectivity index (χ1) is 9.52. The monoisotopic (exact) mass is 281 g/mol. The van der Waals surface area contributed by atoms with Gasteiger partial charge in [-0.2, -0.15) is 0 Å². The Morgan fingerprint density at radius 3 is 3.05 bits per heavy atom. The highest BCUT2D eigenvalue weighted by Gasteiger charge is 2.30. The minimum atomic E-state index is -0.392. The van der Waals surface area contributed by atoms with Gasteiger partial charge in [0.1, 0.15) is 11.4 Å².